The topological polar surface area (TPSA) is 76.1 Å². The largest absolute Gasteiger partial charge is 0.465 e. The number of hydrogen-bond donors (Lipinski definition) is 1. The molecule has 1 aromatic carbocycles. The minimum Gasteiger partial charge on any atom is -0.465 e. The van der Waals surface area contributed by atoms with Crippen LogP contribution in [0.3, 0.4) is 0 Å². The summed E-state index contributed by atoms with van der Waals surface area (Å²) in [6.07, 6.45) is 0.000244. The molecule has 1 aliphatic heterocycles. The lowest BCUT2D eigenvalue weighted by Crippen LogP contribution is -2.47. The summed E-state index contributed by atoms with van der Waals surface area (Å²) in [7, 11) is 1.50. The third-order valence-electron chi connectivity index (χ3n) is 4.28. The number of ether oxygens (including phenoxy) is 2. The predicted octanol–water partition coefficient (Wildman–Crippen LogP) is 2.52. The van der Waals surface area contributed by atoms with Crippen LogP contribution in [0.1, 0.15) is 25.3 Å². The average Bonchev–Trinajstić information content (AvgIpc) is 3.04. The average molecular weight is 321 g/mol. The Morgan fingerprint density at radius 2 is 2.04 bits per heavy atom. The number of amides is 1. The van der Waals surface area contributed by atoms with E-state index in [0.29, 0.717) is 13.0 Å². The number of carboxylic acid groups (broad SMARTS) is 1. The SMILES string of the molecule is CO[C@H]([C@@H](C)C(=O)OCc1ccccc1)[C@@H]1CCCN1C(=O)O. The second-order valence-corrected chi connectivity index (χ2v) is 5.77. The lowest BCUT2D eigenvalue weighted by atomic mass is 9.96. The third-order valence-corrected chi connectivity index (χ3v) is 4.28. The molecule has 0 aliphatic carbocycles. The van der Waals surface area contributed by atoms with Gasteiger partial charge in [-0.05, 0) is 25.3 Å². The van der Waals surface area contributed by atoms with Gasteiger partial charge < -0.3 is 19.5 Å². The highest BCUT2D eigenvalue weighted by Gasteiger charge is 2.40. The first-order chi connectivity index (χ1) is 11.0. The van der Waals surface area contributed by atoms with Crippen LogP contribution < -0.4 is 0 Å². The first kappa shape index (κ1) is 17.3. The van der Waals surface area contributed by atoms with Gasteiger partial charge >= 0.3 is 12.1 Å². The lowest BCUT2D eigenvalue weighted by molar-refractivity contribution is -0.155. The van der Waals surface area contributed by atoms with Crippen LogP contribution in [0.2, 0.25) is 0 Å². The Morgan fingerprint density at radius 3 is 2.65 bits per heavy atom. The molecule has 0 saturated carbocycles. The van der Waals surface area contributed by atoms with E-state index in [2.05, 4.69) is 0 Å². The molecule has 126 valence electrons. The number of likely N-dealkylation sites (tertiary alicyclic amines) is 1. The van der Waals surface area contributed by atoms with Gasteiger partial charge in [-0.1, -0.05) is 30.3 Å². The van der Waals surface area contributed by atoms with E-state index < -0.39 is 18.1 Å². The van der Waals surface area contributed by atoms with E-state index in [1.165, 1.54) is 12.0 Å². The normalized spacial score (nSPS) is 20.1. The van der Waals surface area contributed by atoms with E-state index >= 15 is 0 Å². The smallest absolute Gasteiger partial charge is 0.407 e. The molecule has 1 aromatic rings. The highest BCUT2D eigenvalue weighted by Crippen LogP contribution is 2.26. The van der Waals surface area contributed by atoms with E-state index in [1.807, 2.05) is 30.3 Å². The summed E-state index contributed by atoms with van der Waals surface area (Å²) in [6, 6.07) is 9.12. The minimum absolute atomic E-state index is 0.202. The molecule has 0 spiro atoms. The fourth-order valence-electron chi connectivity index (χ4n) is 3.06. The number of rotatable bonds is 6. The van der Waals surface area contributed by atoms with Gasteiger partial charge in [-0.25, -0.2) is 4.79 Å². The quantitative estimate of drug-likeness (QED) is 0.815. The Labute approximate surface area is 136 Å². The summed E-state index contributed by atoms with van der Waals surface area (Å²) in [4.78, 5) is 24.9. The number of nitrogens with zero attached hydrogens (tertiary/aromatic N) is 1. The molecule has 6 heteroatoms. The van der Waals surface area contributed by atoms with E-state index in [-0.39, 0.29) is 18.6 Å². The molecule has 2 rings (SSSR count). The number of esters is 1. The van der Waals surface area contributed by atoms with Gasteiger partial charge in [-0.15, -0.1) is 0 Å². The van der Waals surface area contributed by atoms with Crippen molar-refractivity contribution < 1.29 is 24.2 Å². The molecule has 1 saturated heterocycles. The van der Waals surface area contributed by atoms with Crippen LogP contribution in [0.4, 0.5) is 4.79 Å². The molecule has 23 heavy (non-hydrogen) atoms. The second-order valence-electron chi connectivity index (χ2n) is 5.77. The fourth-order valence-corrected chi connectivity index (χ4v) is 3.06. The monoisotopic (exact) mass is 321 g/mol. The first-order valence-corrected chi connectivity index (χ1v) is 7.77. The van der Waals surface area contributed by atoms with Gasteiger partial charge in [0.15, 0.2) is 0 Å². The summed E-state index contributed by atoms with van der Waals surface area (Å²) in [6.45, 7) is 2.40. The molecular weight excluding hydrogens is 298 g/mol. The Kier molecular flexibility index (Phi) is 5.98. The van der Waals surface area contributed by atoms with Crippen molar-refractivity contribution in [1.29, 1.82) is 0 Å². The molecule has 0 unspecified atom stereocenters. The second kappa shape index (κ2) is 7.97. The molecule has 1 amide bonds. The van der Waals surface area contributed by atoms with Crippen molar-refractivity contribution in [1.82, 2.24) is 4.90 Å². The third kappa shape index (κ3) is 4.22. The number of carbonyl (C=O) groups excluding carboxylic acids is 1. The molecule has 0 bridgehead atoms. The van der Waals surface area contributed by atoms with Gasteiger partial charge in [0.25, 0.3) is 0 Å². The predicted molar refractivity (Wildman–Crippen MR) is 84.0 cm³/mol. The zero-order valence-electron chi connectivity index (χ0n) is 13.5. The van der Waals surface area contributed by atoms with Crippen molar-refractivity contribution in [2.75, 3.05) is 13.7 Å². The first-order valence-electron chi connectivity index (χ1n) is 7.77. The van der Waals surface area contributed by atoms with Crippen LogP contribution in [0, 0.1) is 5.92 Å². The van der Waals surface area contributed by atoms with Crippen LogP contribution in [0.25, 0.3) is 0 Å². The van der Waals surface area contributed by atoms with Crippen molar-refractivity contribution >= 4 is 12.1 Å². The Morgan fingerprint density at radius 1 is 1.35 bits per heavy atom. The van der Waals surface area contributed by atoms with Crippen LogP contribution in [-0.4, -0.2) is 47.9 Å². The standard InChI is InChI=1S/C17H23NO5/c1-12(16(19)23-11-13-7-4-3-5-8-13)15(22-2)14-9-6-10-18(14)17(20)21/h3-5,7-8,12,14-15H,6,9-11H2,1-2H3,(H,20,21)/t12-,14+,15-/m1/s1. The summed E-state index contributed by atoms with van der Waals surface area (Å²) in [5.41, 5.74) is 0.912. The van der Waals surface area contributed by atoms with Crippen molar-refractivity contribution in [3.8, 4) is 0 Å². The molecule has 0 radical (unpaired) electrons. The van der Waals surface area contributed by atoms with Crippen LogP contribution in [0.5, 0.6) is 0 Å². The van der Waals surface area contributed by atoms with Crippen molar-refractivity contribution in [3.63, 3.8) is 0 Å². The van der Waals surface area contributed by atoms with Crippen LogP contribution in [0.15, 0.2) is 30.3 Å². The number of hydrogen-bond acceptors (Lipinski definition) is 4. The number of benzene rings is 1. The van der Waals surface area contributed by atoms with Gasteiger partial charge in [-0.3, -0.25) is 4.79 Å². The maximum absolute atomic E-state index is 12.3. The zero-order valence-corrected chi connectivity index (χ0v) is 13.5. The minimum atomic E-state index is -0.973. The van der Waals surface area contributed by atoms with Crippen LogP contribution in [-0.2, 0) is 20.9 Å². The molecular formula is C17H23NO5. The Balaban J connectivity index is 1.97. The summed E-state index contributed by atoms with van der Waals surface area (Å²) >= 11 is 0. The van der Waals surface area contributed by atoms with E-state index in [1.54, 1.807) is 6.92 Å². The molecule has 1 fully saturated rings. The fraction of sp³-hybridized carbons (Fsp3) is 0.529. The highest BCUT2D eigenvalue weighted by molar-refractivity contribution is 5.73. The zero-order chi connectivity index (χ0) is 16.8. The van der Waals surface area contributed by atoms with Gasteiger partial charge in [0, 0.05) is 13.7 Å². The van der Waals surface area contributed by atoms with Crippen LogP contribution >= 0.6 is 0 Å². The van der Waals surface area contributed by atoms with Crippen molar-refractivity contribution in [3.05, 3.63) is 35.9 Å². The lowest BCUT2D eigenvalue weighted by Gasteiger charge is -2.31. The maximum atomic E-state index is 12.3. The summed E-state index contributed by atoms with van der Waals surface area (Å²) < 4.78 is 10.8. The summed E-state index contributed by atoms with van der Waals surface area (Å²) in [5, 5.41) is 9.25. The van der Waals surface area contributed by atoms with Gasteiger partial charge in [-0.2, -0.15) is 0 Å². The molecule has 3 atom stereocenters. The van der Waals surface area contributed by atoms with E-state index in [0.717, 1.165) is 12.0 Å². The Hall–Kier alpha value is -2.08. The van der Waals surface area contributed by atoms with Gasteiger partial charge in [0.1, 0.15) is 6.61 Å². The van der Waals surface area contributed by atoms with Gasteiger partial charge in [0.2, 0.25) is 0 Å². The van der Waals surface area contributed by atoms with E-state index in [9.17, 15) is 14.7 Å². The number of methoxy groups -OCH3 is 1. The molecule has 6 nitrogen and oxygen atoms in total. The maximum Gasteiger partial charge on any atom is 0.407 e. The molecule has 1 N–H and O–H groups in total. The van der Waals surface area contributed by atoms with Crippen molar-refractivity contribution in [2.45, 2.75) is 38.5 Å². The molecule has 1 heterocycles. The Bertz CT molecular complexity index is 533. The molecule has 0 aromatic heterocycles. The molecule has 1 aliphatic rings. The summed E-state index contributed by atoms with van der Waals surface area (Å²) in [5.74, 6) is -0.911. The van der Waals surface area contributed by atoms with E-state index in [4.69, 9.17) is 9.47 Å². The van der Waals surface area contributed by atoms with Crippen molar-refractivity contribution in [2.24, 2.45) is 5.92 Å². The van der Waals surface area contributed by atoms with Gasteiger partial charge in [0.05, 0.1) is 18.1 Å². The number of carbonyl (C=O) groups is 2. The highest BCUT2D eigenvalue weighted by atomic mass is 16.5.